The van der Waals surface area contributed by atoms with E-state index in [2.05, 4.69) is 29.6 Å². The largest absolute Gasteiger partial charge is 0.438 e. The van der Waals surface area contributed by atoms with E-state index in [1.807, 2.05) is 36.4 Å². The van der Waals surface area contributed by atoms with E-state index in [1.165, 1.54) is 12.8 Å². The molecule has 1 aliphatic heterocycles. The van der Waals surface area contributed by atoms with Crippen molar-refractivity contribution in [1.82, 2.24) is 10.3 Å². The van der Waals surface area contributed by atoms with Gasteiger partial charge in [0.25, 0.3) is 0 Å². The van der Waals surface area contributed by atoms with Crippen molar-refractivity contribution >= 4 is 0 Å². The smallest absolute Gasteiger partial charge is 0.212 e. The maximum atomic E-state index is 6.22. The lowest BCUT2D eigenvalue weighted by molar-refractivity contribution is 0.342. The fraction of sp³-hybridized carbons (Fsp3) is 0.250. The molecule has 4 rings (SSSR count). The lowest BCUT2D eigenvalue weighted by Gasteiger charge is -2.20. The predicted molar refractivity (Wildman–Crippen MR) is 92.0 cm³/mol. The number of oxazole rings is 1. The number of piperidine rings is 1. The molecule has 1 aliphatic rings. The predicted octanol–water partition coefficient (Wildman–Crippen LogP) is 4.82. The van der Waals surface area contributed by atoms with Crippen LogP contribution in [0.25, 0.3) is 22.6 Å². The second-order valence-corrected chi connectivity index (χ2v) is 5.96. The van der Waals surface area contributed by atoms with Gasteiger partial charge in [0.1, 0.15) is 5.69 Å². The molecule has 3 aromatic rings. The van der Waals surface area contributed by atoms with Crippen LogP contribution in [0.3, 0.4) is 0 Å². The summed E-state index contributed by atoms with van der Waals surface area (Å²) in [6, 6.07) is 20.7. The summed E-state index contributed by atoms with van der Waals surface area (Å²) in [6.45, 7) is 1.04. The highest BCUT2D eigenvalue weighted by molar-refractivity contribution is 5.76. The zero-order chi connectivity index (χ0) is 15.5. The Kier molecular flexibility index (Phi) is 3.95. The van der Waals surface area contributed by atoms with Crippen LogP contribution >= 0.6 is 0 Å². The van der Waals surface area contributed by atoms with Gasteiger partial charge in [-0.05, 0) is 19.4 Å². The minimum atomic E-state index is 0.226. The standard InChI is InChI=1S/C20H20N2O/c1-3-9-15(10-4-1)18-19(16-11-5-2-6-12-16)23-20(22-18)17-13-7-8-14-21-17/h1-6,9-12,17,21H,7-8,13-14H2. The van der Waals surface area contributed by atoms with E-state index >= 15 is 0 Å². The van der Waals surface area contributed by atoms with Gasteiger partial charge in [0.15, 0.2) is 5.76 Å². The first-order chi connectivity index (χ1) is 11.4. The van der Waals surface area contributed by atoms with Gasteiger partial charge >= 0.3 is 0 Å². The molecule has 0 bridgehead atoms. The van der Waals surface area contributed by atoms with Crippen LogP contribution in [-0.4, -0.2) is 11.5 Å². The Morgan fingerprint density at radius 2 is 1.57 bits per heavy atom. The molecular formula is C20H20N2O. The Morgan fingerprint density at radius 3 is 2.22 bits per heavy atom. The summed E-state index contributed by atoms with van der Waals surface area (Å²) >= 11 is 0. The van der Waals surface area contributed by atoms with E-state index in [-0.39, 0.29) is 6.04 Å². The van der Waals surface area contributed by atoms with Gasteiger partial charge in [-0.25, -0.2) is 4.98 Å². The van der Waals surface area contributed by atoms with Crippen LogP contribution in [-0.2, 0) is 0 Å². The van der Waals surface area contributed by atoms with Gasteiger partial charge in [-0.2, -0.15) is 0 Å². The highest BCUT2D eigenvalue weighted by atomic mass is 16.4. The van der Waals surface area contributed by atoms with Gasteiger partial charge in [0.05, 0.1) is 6.04 Å². The topological polar surface area (TPSA) is 38.1 Å². The number of aromatic nitrogens is 1. The van der Waals surface area contributed by atoms with Crippen molar-refractivity contribution in [1.29, 1.82) is 0 Å². The van der Waals surface area contributed by atoms with Crippen LogP contribution < -0.4 is 5.32 Å². The molecule has 2 heterocycles. The SMILES string of the molecule is c1ccc(-c2nc(C3CCCCN3)oc2-c2ccccc2)cc1. The first-order valence-corrected chi connectivity index (χ1v) is 8.27. The molecule has 0 saturated carbocycles. The first-order valence-electron chi connectivity index (χ1n) is 8.27. The molecule has 1 unspecified atom stereocenters. The zero-order valence-corrected chi connectivity index (χ0v) is 13.0. The van der Waals surface area contributed by atoms with E-state index in [1.54, 1.807) is 0 Å². The molecule has 2 aromatic carbocycles. The van der Waals surface area contributed by atoms with Crippen LogP contribution in [0.1, 0.15) is 31.2 Å². The molecule has 1 saturated heterocycles. The summed E-state index contributed by atoms with van der Waals surface area (Å²) in [4.78, 5) is 4.85. The third-order valence-corrected chi connectivity index (χ3v) is 4.34. The molecule has 116 valence electrons. The first kappa shape index (κ1) is 14.2. The summed E-state index contributed by atoms with van der Waals surface area (Å²) in [5.74, 6) is 1.67. The van der Waals surface area contributed by atoms with E-state index in [0.717, 1.165) is 41.4 Å². The Morgan fingerprint density at radius 1 is 0.870 bits per heavy atom. The minimum absolute atomic E-state index is 0.226. The van der Waals surface area contributed by atoms with Gasteiger partial charge < -0.3 is 9.73 Å². The van der Waals surface area contributed by atoms with Crippen LogP contribution in [0.5, 0.6) is 0 Å². The summed E-state index contributed by atoms with van der Waals surface area (Å²) < 4.78 is 6.22. The second-order valence-electron chi connectivity index (χ2n) is 5.96. The Labute approximate surface area is 136 Å². The molecule has 0 aliphatic carbocycles. The normalized spacial score (nSPS) is 18.0. The molecule has 1 aromatic heterocycles. The number of nitrogens with one attached hydrogen (secondary N) is 1. The molecule has 1 atom stereocenters. The van der Waals surface area contributed by atoms with Gasteiger partial charge in [-0.3, -0.25) is 0 Å². The molecule has 3 nitrogen and oxygen atoms in total. The van der Waals surface area contributed by atoms with Crippen molar-refractivity contribution in [2.75, 3.05) is 6.54 Å². The fourth-order valence-corrected chi connectivity index (χ4v) is 3.13. The Hall–Kier alpha value is -2.39. The van der Waals surface area contributed by atoms with E-state index in [9.17, 15) is 0 Å². The Balaban J connectivity index is 1.81. The summed E-state index contributed by atoms with van der Waals surface area (Å²) in [5, 5.41) is 3.52. The third-order valence-electron chi connectivity index (χ3n) is 4.34. The van der Waals surface area contributed by atoms with Crippen molar-refractivity contribution in [3.05, 3.63) is 66.6 Å². The maximum Gasteiger partial charge on any atom is 0.212 e. The average Bonchev–Trinajstić information content (AvgIpc) is 3.09. The van der Waals surface area contributed by atoms with Crippen molar-refractivity contribution in [3.63, 3.8) is 0 Å². The van der Waals surface area contributed by atoms with E-state index < -0.39 is 0 Å². The lowest BCUT2D eigenvalue weighted by Crippen LogP contribution is -2.26. The molecule has 0 amide bonds. The van der Waals surface area contributed by atoms with E-state index in [0.29, 0.717) is 0 Å². The van der Waals surface area contributed by atoms with Crippen LogP contribution in [0.2, 0.25) is 0 Å². The molecule has 1 fully saturated rings. The number of hydrogen-bond acceptors (Lipinski definition) is 3. The molecule has 0 spiro atoms. The molecule has 3 heteroatoms. The van der Waals surface area contributed by atoms with Crippen LogP contribution in [0, 0.1) is 0 Å². The maximum absolute atomic E-state index is 6.22. The van der Waals surface area contributed by atoms with E-state index in [4.69, 9.17) is 9.40 Å². The van der Waals surface area contributed by atoms with Crippen LogP contribution in [0.4, 0.5) is 0 Å². The Bertz CT molecular complexity index is 702. The molecular weight excluding hydrogens is 284 g/mol. The van der Waals surface area contributed by atoms with Crippen LogP contribution in [0.15, 0.2) is 65.1 Å². The molecule has 1 N–H and O–H groups in total. The van der Waals surface area contributed by atoms with Crippen molar-refractivity contribution in [3.8, 4) is 22.6 Å². The van der Waals surface area contributed by atoms with Crippen molar-refractivity contribution in [2.24, 2.45) is 0 Å². The minimum Gasteiger partial charge on any atom is -0.438 e. The second kappa shape index (κ2) is 6.39. The summed E-state index contributed by atoms with van der Waals surface area (Å²) in [7, 11) is 0. The molecule has 0 radical (unpaired) electrons. The monoisotopic (exact) mass is 304 g/mol. The van der Waals surface area contributed by atoms with Gasteiger partial charge in [0.2, 0.25) is 5.89 Å². The highest BCUT2D eigenvalue weighted by Crippen LogP contribution is 2.35. The van der Waals surface area contributed by atoms with Crippen molar-refractivity contribution in [2.45, 2.75) is 25.3 Å². The fourth-order valence-electron chi connectivity index (χ4n) is 3.13. The summed E-state index contributed by atoms with van der Waals surface area (Å²) in [5.41, 5.74) is 3.09. The third kappa shape index (κ3) is 2.92. The average molecular weight is 304 g/mol. The quantitative estimate of drug-likeness (QED) is 0.753. The highest BCUT2D eigenvalue weighted by Gasteiger charge is 2.24. The van der Waals surface area contributed by atoms with Crippen molar-refractivity contribution < 1.29 is 4.42 Å². The van der Waals surface area contributed by atoms with Gasteiger partial charge in [-0.15, -0.1) is 0 Å². The number of hydrogen-bond donors (Lipinski definition) is 1. The number of benzene rings is 2. The van der Waals surface area contributed by atoms with Gasteiger partial charge in [0, 0.05) is 11.1 Å². The summed E-state index contributed by atoms with van der Waals surface area (Å²) in [6.07, 6.45) is 3.54. The number of nitrogens with zero attached hydrogens (tertiary/aromatic N) is 1. The molecule has 23 heavy (non-hydrogen) atoms. The zero-order valence-electron chi connectivity index (χ0n) is 13.0. The lowest BCUT2D eigenvalue weighted by atomic mass is 10.1. The van der Waals surface area contributed by atoms with Gasteiger partial charge in [-0.1, -0.05) is 67.1 Å². The number of rotatable bonds is 3.